The molecular formula is C54H36N2. The first-order chi connectivity index (χ1) is 27.8. The second-order valence-corrected chi connectivity index (χ2v) is 14.5. The van der Waals surface area contributed by atoms with E-state index in [-0.39, 0.29) is 0 Å². The predicted octanol–water partition coefficient (Wildman–Crippen LogP) is 15.0. The minimum atomic E-state index is 1.10. The highest BCUT2D eigenvalue weighted by molar-refractivity contribution is 6.20. The van der Waals surface area contributed by atoms with E-state index < -0.39 is 0 Å². The SMILES string of the molecule is c1ccc(-c2ccc(N(c3ccc(-c4cccn5c4c(-c4ccccc4)c4c6ccccc6ccc45)cc3)c3cc4ccccc4c4ccccc34)cc2)cc1. The van der Waals surface area contributed by atoms with E-state index in [1.54, 1.807) is 0 Å². The van der Waals surface area contributed by atoms with Crippen molar-refractivity contribution in [2.75, 3.05) is 4.90 Å². The van der Waals surface area contributed by atoms with E-state index in [4.69, 9.17) is 0 Å². The topological polar surface area (TPSA) is 7.65 Å². The van der Waals surface area contributed by atoms with E-state index >= 15 is 0 Å². The van der Waals surface area contributed by atoms with Gasteiger partial charge in [-0.3, -0.25) is 0 Å². The lowest BCUT2D eigenvalue weighted by atomic mass is 9.95. The van der Waals surface area contributed by atoms with E-state index in [1.165, 1.54) is 82.1 Å². The first kappa shape index (κ1) is 32.0. The number of anilines is 3. The molecular weight excluding hydrogens is 677 g/mol. The number of rotatable bonds is 6. The third-order valence-electron chi connectivity index (χ3n) is 11.4. The average Bonchev–Trinajstić information content (AvgIpc) is 3.63. The Kier molecular flexibility index (Phi) is 7.53. The van der Waals surface area contributed by atoms with Gasteiger partial charge in [0.15, 0.2) is 0 Å². The normalized spacial score (nSPS) is 11.6. The number of benzene rings is 9. The Morgan fingerprint density at radius 2 is 0.911 bits per heavy atom. The molecule has 2 heterocycles. The van der Waals surface area contributed by atoms with Gasteiger partial charge in [0.1, 0.15) is 0 Å². The van der Waals surface area contributed by atoms with E-state index in [2.05, 4.69) is 228 Å². The van der Waals surface area contributed by atoms with Crippen LogP contribution in [-0.2, 0) is 0 Å². The van der Waals surface area contributed by atoms with E-state index in [0.29, 0.717) is 0 Å². The lowest BCUT2D eigenvalue weighted by Gasteiger charge is -2.28. The lowest BCUT2D eigenvalue weighted by molar-refractivity contribution is 1.25. The Hall–Kier alpha value is -7.42. The van der Waals surface area contributed by atoms with Crippen LogP contribution in [0.3, 0.4) is 0 Å². The third-order valence-corrected chi connectivity index (χ3v) is 11.4. The molecule has 11 aromatic rings. The number of nitrogens with zero attached hydrogens (tertiary/aromatic N) is 2. The fraction of sp³-hybridized carbons (Fsp3) is 0. The van der Waals surface area contributed by atoms with Crippen LogP contribution in [0.4, 0.5) is 17.1 Å². The van der Waals surface area contributed by atoms with Gasteiger partial charge in [0.2, 0.25) is 0 Å². The van der Waals surface area contributed by atoms with Crippen molar-refractivity contribution < 1.29 is 0 Å². The van der Waals surface area contributed by atoms with Gasteiger partial charge in [-0.05, 0) is 91.6 Å². The van der Waals surface area contributed by atoms with Crippen LogP contribution < -0.4 is 4.90 Å². The molecule has 2 aromatic heterocycles. The maximum absolute atomic E-state index is 2.42. The highest BCUT2D eigenvalue weighted by Crippen LogP contribution is 2.45. The van der Waals surface area contributed by atoms with E-state index in [1.807, 2.05) is 0 Å². The Balaban J connectivity index is 1.12. The Bertz CT molecular complexity index is 3210. The molecule has 0 radical (unpaired) electrons. The van der Waals surface area contributed by atoms with Crippen LogP contribution in [0.1, 0.15) is 0 Å². The predicted molar refractivity (Wildman–Crippen MR) is 238 cm³/mol. The van der Waals surface area contributed by atoms with Gasteiger partial charge >= 0.3 is 0 Å². The molecule has 0 atom stereocenters. The molecule has 2 nitrogen and oxygen atoms in total. The van der Waals surface area contributed by atoms with Crippen molar-refractivity contribution >= 4 is 65.8 Å². The molecule has 0 saturated carbocycles. The summed E-state index contributed by atoms with van der Waals surface area (Å²) in [6, 6.07) is 77.2. The Labute approximate surface area is 325 Å². The summed E-state index contributed by atoms with van der Waals surface area (Å²) in [7, 11) is 0. The van der Waals surface area contributed by atoms with Crippen LogP contribution in [0.25, 0.3) is 82.1 Å². The second kappa shape index (κ2) is 13.2. The minimum Gasteiger partial charge on any atom is -0.315 e. The number of aromatic nitrogens is 1. The van der Waals surface area contributed by atoms with Gasteiger partial charge in [-0.2, -0.15) is 0 Å². The molecule has 0 aliphatic carbocycles. The van der Waals surface area contributed by atoms with Crippen molar-refractivity contribution in [3.05, 3.63) is 219 Å². The van der Waals surface area contributed by atoms with E-state index in [0.717, 1.165) is 17.1 Å². The molecule has 0 unspecified atom stereocenters. The van der Waals surface area contributed by atoms with Crippen molar-refractivity contribution in [3.8, 4) is 33.4 Å². The maximum Gasteiger partial charge on any atom is 0.0619 e. The molecule has 0 bridgehead atoms. The van der Waals surface area contributed by atoms with Crippen molar-refractivity contribution in [1.82, 2.24) is 4.40 Å². The van der Waals surface area contributed by atoms with Crippen LogP contribution in [0.2, 0.25) is 0 Å². The maximum atomic E-state index is 2.42. The summed E-state index contributed by atoms with van der Waals surface area (Å²) < 4.78 is 2.38. The van der Waals surface area contributed by atoms with Gasteiger partial charge < -0.3 is 9.30 Å². The van der Waals surface area contributed by atoms with Crippen LogP contribution >= 0.6 is 0 Å². The summed E-state index contributed by atoms with van der Waals surface area (Å²) in [5, 5.41) is 8.74. The summed E-state index contributed by atoms with van der Waals surface area (Å²) >= 11 is 0. The second-order valence-electron chi connectivity index (χ2n) is 14.5. The molecule has 0 amide bonds. The van der Waals surface area contributed by atoms with Crippen molar-refractivity contribution in [1.29, 1.82) is 0 Å². The molecule has 0 fully saturated rings. The van der Waals surface area contributed by atoms with Gasteiger partial charge in [-0.25, -0.2) is 0 Å². The zero-order valence-electron chi connectivity index (χ0n) is 30.7. The zero-order valence-corrected chi connectivity index (χ0v) is 30.7. The molecule has 0 aliphatic heterocycles. The molecule has 2 heteroatoms. The molecule has 0 saturated heterocycles. The van der Waals surface area contributed by atoms with Crippen LogP contribution in [-0.4, -0.2) is 4.40 Å². The standard InChI is InChI=1S/C54H36N2/c1-3-14-37(15-4-1)38-25-30-43(31-26-38)56(51-36-42-19-8-9-20-45(42)48-22-11-12-23-49(48)51)44-32-27-40(28-33-44)47-24-13-35-55-50-34-29-39-16-7-10-21-46(39)53(50)52(54(47)55)41-17-5-2-6-18-41/h1-36H. The third kappa shape index (κ3) is 5.19. The van der Waals surface area contributed by atoms with Crippen LogP contribution in [0.5, 0.6) is 0 Å². The monoisotopic (exact) mass is 712 g/mol. The lowest BCUT2D eigenvalue weighted by Crippen LogP contribution is -2.10. The van der Waals surface area contributed by atoms with E-state index in [9.17, 15) is 0 Å². The summed E-state index contributed by atoms with van der Waals surface area (Å²) in [5.74, 6) is 0. The average molecular weight is 713 g/mol. The number of hydrogen-bond acceptors (Lipinski definition) is 1. The van der Waals surface area contributed by atoms with Crippen molar-refractivity contribution in [3.63, 3.8) is 0 Å². The fourth-order valence-corrected chi connectivity index (χ4v) is 8.80. The molecule has 0 spiro atoms. The molecule has 56 heavy (non-hydrogen) atoms. The van der Waals surface area contributed by atoms with Gasteiger partial charge in [0.25, 0.3) is 0 Å². The van der Waals surface area contributed by atoms with Crippen molar-refractivity contribution in [2.24, 2.45) is 0 Å². The molecule has 11 rings (SSSR count). The van der Waals surface area contributed by atoms with Gasteiger partial charge in [-0.15, -0.1) is 0 Å². The molecule has 0 N–H and O–H groups in total. The Morgan fingerprint density at radius 3 is 1.62 bits per heavy atom. The largest absolute Gasteiger partial charge is 0.315 e. The fourth-order valence-electron chi connectivity index (χ4n) is 8.80. The van der Waals surface area contributed by atoms with Crippen LogP contribution in [0.15, 0.2) is 219 Å². The first-order valence-corrected chi connectivity index (χ1v) is 19.3. The van der Waals surface area contributed by atoms with Gasteiger partial charge in [0, 0.05) is 39.5 Å². The van der Waals surface area contributed by atoms with Crippen LogP contribution in [0, 0.1) is 0 Å². The zero-order chi connectivity index (χ0) is 37.0. The highest BCUT2D eigenvalue weighted by atomic mass is 15.1. The highest BCUT2D eigenvalue weighted by Gasteiger charge is 2.21. The Morgan fingerprint density at radius 1 is 0.357 bits per heavy atom. The quantitative estimate of drug-likeness (QED) is 0.156. The minimum absolute atomic E-state index is 1.10. The molecule has 9 aromatic carbocycles. The summed E-state index contributed by atoms with van der Waals surface area (Å²) in [5.41, 5.74) is 13.0. The van der Waals surface area contributed by atoms with Gasteiger partial charge in [0.05, 0.1) is 16.7 Å². The summed E-state index contributed by atoms with van der Waals surface area (Å²) in [6.45, 7) is 0. The van der Waals surface area contributed by atoms with Gasteiger partial charge in [-0.1, -0.05) is 170 Å². The summed E-state index contributed by atoms with van der Waals surface area (Å²) in [4.78, 5) is 2.42. The number of pyridine rings is 1. The first-order valence-electron chi connectivity index (χ1n) is 19.3. The summed E-state index contributed by atoms with van der Waals surface area (Å²) in [6.07, 6.45) is 2.21. The van der Waals surface area contributed by atoms with Crippen molar-refractivity contribution in [2.45, 2.75) is 0 Å². The molecule has 262 valence electrons. The number of hydrogen-bond donors (Lipinski definition) is 0. The smallest absolute Gasteiger partial charge is 0.0619 e. The molecule has 0 aliphatic rings. The number of fused-ring (bicyclic) bond motifs is 8.